The first kappa shape index (κ1) is 29.8. The van der Waals surface area contributed by atoms with Gasteiger partial charge in [0.25, 0.3) is 12.3 Å². The van der Waals surface area contributed by atoms with E-state index < -0.39 is 52.5 Å². The molecule has 2 unspecified atom stereocenters. The first-order chi connectivity index (χ1) is 20.4. The molecule has 0 bridgehead atoms. The lowest BCUT2D eigenvalue weighted by Gasteiger charge is -2.25. The second-order valence-electron chi connectivity index (χ2n) is 11.2. The standard InChI is InChI=1S/C28H31F4N5O5S/c1-43(39,40)20-12-16(15-7-10-41-11-8-15)5-6-18(20)33-19-13-21(35-27(38)17-14-28(17,31)32)34-25-23(19)36-26(24(29)30)37(25)22-4-2-3-9-42-22/h5-6,12-13,15,17,22,24H,2-4,7-11,14H2,1H3,(H2,33,34,35,38). The number of sulfone groups is 1. The fraction of sp³-hybridized carbons (Fsp3) is 0.536. The molecule has 1 aromatic carbocycles. The minimum atomic E-state index is -3.77. The number of pyridine rings is 1. The van der Waals surface area contributed by atoms with Crippen molar-refractivity contribution < 1.29 is 40.2 Å². The van der Waals surface area contributed by atoms with E-state index in [-0.39, 0.29) is 39.2 Å². The Morgan fingerprint density at radius 2 is 1.81 bits per heavy atom. The zero-order valence-electron chi connectivity index (χ0n) is 23.3. The van der Waals surface area contributed by atoms with Crippen molar-refractivity contribution in [1.82, 2.24) is 14.5 Å². The van der Waals surface area contributed by atoms with Crippen molar-refractivity contribution in [2.45, 2.75) is 67.9 Å². The van der Waals surface area contributed by atoms with Crippen LogP contribution in [0.3, 0.4) is 0 Å². The van der Waals surface area contributed by atoms with Gasteiger partial charge >= 0.3 is 0 Å². The number of nitrogens with one attached hydrogen (secondary N) is 2. The average molecular weight is 626 g/mol. The van der Waals surface area contributed by atoms with E-state index in [9.17, 15) is 30.8 Å². The number of hydrogen-bond donors (Lipinski definition) is 2. The quantitative estimate of drug-likeness (QED) is 0.306. The highest BCUT2D eigenvalue weighted by Crippen LogP contribution is 2.49. The van der Waals surface area contributed by atoms with Gasteiger partial charge in [0, 0.05) is 38.6 Å². The Balaban J connectivity index is 1.46. The number of rotatable bonds is 8. The molecule has 0 spiro atoms. The van der Waals surface area contributed by atoms with Gasteiger partial charge in [-0.15, -0.1) is 0 Å². The number of imidazole rings is 1. The molecule has 3 fully saturated rings. The minimum Gasteiger partial charge on any atom is -0.381 e. The topological polar surface area (TPSA) is 124 Å². The Kier molecular flexibility index (Phi) is 7.84. The smallest absolute Gasteiger partial charge is 0.295 e. The van der Waals surface area contributed by atoms with Crippen LogP contribution in [0.5, 0.6) is 0 Å². The summed E-state index contributed by atoms with van der Waals surface area (Å²) in [5.41, 5.74) is 0.949. The van der Waals surface area contributed by atoms with E-state index in [4.69, 9.17) is 9.47 Å². The zero-order chi connectivity index (χ0) is 30.5. The van der Waals surface area contributed by atoms with Crippen LogP contribution in [-0.2, 0) is 24.1 Å². The van der Waals surface area contributed by atoms with Gasteiger partial charge in [0.15, 0.2) is 21.3 Å². The Morgan fingerprint density at radius 1 is 1.07 bits per heavy atom. The van der Waals surface area contributed by atoms with Gasteiger partial charge in [-0.05, 0) is 55.7 Å². The number of ether oxygens (including phenoxy) is 2. The van der Waals surface area contributed by atoms with Gasteiger partial charge < -0.3 is 20.1 Å². The van der Waals surface area contributed by atoms with Gasteiger partial charge in [0.2, 0.25) is 5.91 Å². The maximum absolute atomic E-state index is 14.3. The molecule has 2 aliphatic heterocycles. The summed E-state index contributed by atoms with van der Waals surface area (Å²) in [5.74, 6) is -6.31. The lowest BCUT2D eigenvalue weighted by Crippen LogP contribution is -2.21. The summed E-state index contributed by atoms with van der Waals surface area (Å²) in [7, 11) is -3.77. The van der Waals surface area contributed by atoms with E-state index in [1.807, 2.05) is 0 Å². The van der Waals surface area contributed by atoms with Crippen LogP contribution in [0.4, 0.5) is 34.8 Å². The van der Waals surface area contributed by atoms with E-state index in [1.54, 1.807) is 18.2 Å². The summed E-state index contributed by atoms with van der Waals surface area (Å²) in [6, 6.07) is 6.24. The number of carbonyl (C=O) groups excluding carboxylic acids is 1. The largest absolute Gasteiger partial charge is 0.381 e. The van der Waals surface area contributed by atoms with Gasteiger partial charge in [-0.25, -0.2) is 35.9 Å². The van der Waals surface area contributed by atoms with Gasteiger partial charge in [-0.2, -0.15) is 0 Å². The third-order valence-electron chi connectivity index (χ3n) is 8.08. The SMILES string of the molecule is CS(=O)(=O)c1cc(C2CCOCC2)ccc1Nc1cc(NC(=O)C2CC2(F)F)nc2c1nc(C(F)F)n2C1CCCCO1. The number of benzene rings is 1. The van der Waals surface area contributed by atoms with Crippen molar-refractivity contribution in [3.8, 4) is 0 Å². The second-order valence-corrected chi connectivity index (χ2v) is 13.2. The van der Waals surface area contributed by atoms with Gasteiger partial charge in [-0.3, -0.25) is 9.36 Å². The van der Waals surface area contributed by atoms with E-state index in [1.165, 1.54) is 6.07 Å². The van der Waals surface area contributed by atoms with E-state index >= 15 is 0 Å². The fourth-order valence-electron chi connectivity index (χ4n) is 5.69. The first-order valence-corrected chi connectivity index (χ1v) is 16.0. The minimum absolute atomic E-state index is 0.0196. The Morgan fingerprint density at radius 3 is 2.44 bits per heavy atom. The van der Waals surface area contributed by atoms with Gasteiger partial charge in [0.1, 0.15) is 23.5 Å². The molecule has 232 valence electrons. The van der Waals surface area contributed by atoms with Crippen molar-refractivity contribution in [3.63, 3.8) is 0 Å². The van der Waals surface area contributed by atoms with Crippen molar-refractivity contribution in [2.24, 2.45) is 5.92 Å². The fourth-order valence-corrected chi connectivity index (χ4v) is 6.56. The van der Waals surface area contributed by atoms with Crippen LogP contribution < -0.4 is 10.6 Å². The van der Waals surface area contributed by atoms with Crippen LogP contribution in [0, 0.1) is 5.92 Å². The Hall–Kier alpha value is -3.30. The summed E-state index contributed by atoms with van der Waals surface area (Å²) in [6.45, 7) is 1.46. The molecule has 10 nitrogen and oxygen atoms in total. The third kappa shape index (κ3) is 6.07. The molecule has 6 rings (SSSR count). The average Bonchev–Trinajstić information content (AvgIpc) is 3.44. The predicted octanol–water partition coefficient (Wildman–Crippen LogP) is 5.70. The van der Waals surface area contributed by atoms with E-state index in [0.717, 1.165) is 35.6 Å². The summed E-state index contributed by atoms with van der Waals surface area (Å²) in [4.78, 5) is 21.1. The van der Waals surface area contributed by atoms with Crippen molar-refractivity contribution in [3.05, 3.63) is 35.7 Å². The summed E-state index contributed by atoms with van der Waals surface area (Å²) < 4.78 is 94.0. The van der Waals surface area contributed by atoms with Crippen LogP contribution in [-0.4, -0.2) is 60.9 Å². The zero-order valence-corrected chi connectivity index (χ0v) is 24.1. The van der Waals surface area contributed by atoms with E-state index in [2.05, 4.69) is 20.6 Å². The van der Waals surface area contributed by atoms with Crippen molar-refractivity contribution in [1.29, 1.82) is 0 Å². The van der Waals surface area contributed by atoms with Crippen molar-refractivity contribution in [2.75, 3.05) is 36.7 Å². The molecule has 1 aliphatic carbocycles. The number of carbonyl (C=O) groups is 1. The summed E-state index contributed by atoms with van der Waals surface area (Å²) in [5, 5.41) is 5.38. The molecule has 43 heavy (non-hydrogen) atoms. The molecule has 0 radical (unpaired) electrons. The number of halogens is 4. The van der Waals surface area contributed by atoms with Crippen molar-refractivity contribution >= 4 is 44.1 Å². The highest BCUT2D eigenvalue weighted by Gasteiger charge is 2.61. The predicted molar refractivity (Wildman–Crippen MR) is 149 cm³/mol. The normalized spacial score (nSPS) is 22.6. The maximum Gasteiger partial charge on any atom is 0.295 e. The Bertz CT molecular complexity index is 1650. The van der Waals surface area contributed by atoms with Crippen LogP contribution in [0.1, 0.15) is 68.5 Å². The number of amides is 1. The lowest BCUT2D eigenvalue weighted by atomic mass is 9.91. The summed E-state index contributed by atoms with van der Waals surface area (Å²) >= 11 is 0. The molecule has 2 aromatic heterocycles. The molecule has 15 heteroatoms. The number of fused-ring (bicyclic) bond motifs is 1. The number of aromatic nitrogens is 3. The van der Waals surface area contributed by atoms with Crippen LogP contribution in [0.25, 0.3) is 11.2 Å². The number of alkyl halides is 4. The number of anilines is 3. The molecular weight excluding hydrogens is 594 g/mol. The Labute approximate surface area is 245 Å². The molecule has 2 atom stereocenters. The summed E-state index contributed by atoms with van der Waals surface area (Å²) in [6.07, 6.45) is -0.0189. The van der Waals surface area contributed by atoms with Crippen LogP contribution >= 0.6 is 0 Å². The van der Waals surface area contributed by atoms with Gasteiger partial charge in [-0.1, -0.05) is 6.07 Å². The van der Waals surface area contributed by atoms with E-state index in [0.29, 0.717) is 32.7 Å². The third-order valence-corrected chi connectivity index (χ3v) is 9.21. The maximum atomic E-state index is 14.3. The molecule has 1 amide bonds. The molecule has 2 saturated heterocycles. The first-order valence-electron chi connectivity index (χ1n) is 14.1. The number of nitrogens with zero attached hydrogens (tertiary/aromatic N) is 3. The van der Waals surface area contributed by atoms with Crippen LogP contribution in [0.2, 0.25) is 0 Å². The molecule has 3 aliphatic rings. The molecule has 3 aromatic rings. The lowest BCUT2D eigenvalue weighted by molar-refractivity contribution is -0.119. The van der Waals surface area contributed by atoms with Gasteiger partial charge in [0.05, 0.1) is 16.3 Å². The monoisotopic (exact) mass is 625 g/mol. The van der Waals surface area contributed by atoms with Crippen LogP contribution in [0.15, 0.2) is 29.2 Å². The molecule has 4 heterocycles. The highest BCUT2D eigenvalue weighted by molar-refractivity contribution is 7.90. The number of hydrogen-bond acceptors (Lipinski definition) is 8. The second kappa shape index (κ2) is 11.3. The molecule has 1 saturated carbocycles. The highest BCUT2D eigenvalue weighted by atomic mass is 32.2. The molecule has 2 N–H and O–H groups in total. The molecular formula is C28H31F4N5O5S.